The molecule has 142 valence electrons. The zero-order valence-electron chi connectivity index (χ0n) is 15.5. The Hall–Kier alpha value is -3.45. The number of carbonyl (C=O) groups excluding carboxylic acids is 2. The lowest BCUT2D eigenvalue weighted by molar-refractivity contribution is -0.116. The second-order valence-corrected chi connectivity index (χ2v) is 6.64. The van der Waals surface area contributed by atoms with Crippen LogP contribution in [0.25, 0.3) is 6.08 Å². The van der Waals surface area contributed by atoms with E-state index in [1.165, 1.54) is 24.3 Å². The molecular weight excluding hydrogens is 374 g/mol. The first-order valence-corrected chi connectivity index (χ1v) is 9.39. The van der Waals surface area contributed by atoms with Crippen molar-refractivity contribution in [3.8, 4) is 5.75 Å². The second kappa shape index (κ2) is 8.96. The van der Waals surface area contributed by atoms with E-state index in [4.69, 9.17) is 4.74 Å². The van der Waals surface area contributed by atoms with Gasteiger partial charge in [0.1, 0.15) is 5.75 Å². The predicted molar refractivity (Wildman–Crippen MR) is 112 cm³/mol. The van der Waals surface area contributed by atoms with Crippen LogP contribution in [-0.4, -0.2) is 23.9 Å². The number of thiazole rings is 1. The van der Waals surface area contributed by atoms with E-state index in [1.54, 1.807) is 47.7 Å². The average molecular weight is 393 g/mol. The van der Waals surface area contributed by atoms with Gasteiger partial charge in [-0.25, -0.2) is 4.98 Å². The van der Waals surface area contributed by atoms with Crippen LogP contribution in [0.15, 0.2) is 66.1 Å². The molecule has 0 aliphatic heterocycles. The normalized spacial score (nSPS) is 10.6. The second-order valence-electron chi connectivity index (χ2n) is 5.80. The third kappa shape index (κ3) is 4.83. The number of rotatable bonds is 6. The lowest BCUT2D eigenvalue weighted by Gasteiger charge is -2.17. The van der Waals surface area contributed by atoms with Crippen molar-refractivity contribution in [2.45, 2.75) is 6.92 Å². The zero-order chi connectivity index (χ0) is 19.9. The summed E-state index contributed by atoms with van der Waals surface area (Å²) in [7, 11) is 1.57. The van der Waals surface area contributed by atoms with Gasteiger partial charge >= 0.3 is 0 Å². The SMILES string of the molecule is COc1cccc(NC(=O)/C=C/c2csc(N(C(C)=O)c3ccccc3)n2)c1. The van der Waals surface area contributed by atoms with Gasteiger partial charge in [0.2, 0.25) is 11.8 Å². The Bertz CT molecular complexity index is 999. The smallest absolute Gasteiger partial charge is 0.248 e. The Balaban J connectivity index is 1.71. The fourth-order valence-electron chi connectivity index (χ4n) is 2.51. The summed E-state index contributed by atoms with van der Waals surface area (Å²) in [6.45, 7) is 1.49. The van der Waals surface area contributed by atoms with Gasteiger partial charge in [0.15, 0.2) is 5.13 Å². The van der Waals surface area contributed by atoms with Gasteiger partial charge in [0.05, 0.1) is 18.5 Å². The van der Waals surface area contributed by atoms with Crippen LogP contribution in [0, 0.1) is 0 Å². The van der Waals surface area contributed by atoms with Gasteiger partial charge in [-0.15, -0.1) is 11.3 Å². The third-order valence-corrected chi connectivity index (χ3v) is 4.62. The van der Waals surface area contributed by atoms with Gasteiger partial charge in [0, 0.05) is 30.1 Å². The summed E-state index contributed by atoms with van der Waals surface area (Å²) in [4.78, 5) is 30.2. The number of para-hydroxylation sites is 1. The fourth-order valence-corrected chi connectivity index (χ4v) is 3.36. The molecule has 0 bridgehead atoms. The summed E-state index contributed by atoms with van der Waals surface area (Å²) in [5.41, 5.74) is 1.98. The molecule has 0 saturated carbocycles. The topological polar surface area (TPSA) is 71.5 Å². The van der Waals surface area contributed by atoms with Gasteiger partial charge in [-0.2, -0.15) is 0 Å². The van der Waals surface area contributed by atoms with Crippen molar-refractivity contribution in [1.82, 2.24) is 4.98 Å². The van der Waals surface area contributed by atoms with Crippen LogP contribution < -0.4 is 15.0 Å². The first-order chi connectivity index (χ1) is 13.6. The third-order valence-electron chi connectivity index (χ3n) is 3.77. The summed E-state index contributed by atoms with van der Waals surface area (Å²) >= 11 is 1.34. The summed E-state index contributed by atoms with van der Waals surface area (Å²) in [6, 6.07) is 16.4. The highest BCUT2D eigenvalue weighted by atomic mass is 32.1. The van der Waals surface area contributed by atoms with Crippen molar-refractivity contribution in [3.63, 3.8) is 0 Å². The molecule has 2 aromatic carbocycles. The van der Waals surface area contributed by atoms with E-state index in [-0.39, 0.29) is 11.8 Å². The number of nitrogens with one attached hydrogen (secondary N) is 1. The van der Waals surface area contributed by atoms with Crippen LogP contribution in [0.1, 0.15) is 12.6 Å². The highest BCUT2D eigenvalue weighted by molar-refractivity contribution is 7.14. The predicted octanol–water partition coefficient (Wildman–Crippen LogP) is 4.49. The molecule has 1 heterocycles. The molecule has 1 aromatic heterocycles. The Morgan fingerprint density at radius 3 is 2.64 bits per heavy atom. The Morgan fingerprint density at radius 2 is 1.93 bits per heavy atom. The van der Waals surface area contributed by atoms with Gasteiger partial charge in [-0.3, -0.25) is 14.5 Å². The minimum Gasteiger partial charge on any atom is -0.497 e. The van der Waals surface area contributed by atoms with E-state index in [9.17, 15) is 9.59 Å². The minimum atomic E-state index is -0.283. The number of hydrogen-bond donors (Lipinski definition) is 1. The number of hydrogen-bond acceptors (Lipinski definition) is 5. The molecule has 0 aliphatic rings. The molecule has 6 nitrogen and oxygen atoms in total. The number of benzene rings is 2. The number of nitrogens with zero attached hydrogens (tertiary/aromatic N) is 2. The number of ether oxygens (including phenoxy) is 1. The van der Waals surface area contributed by atoms with Crippen LogP contribution >= 0.6 is 11.3 Å². The minimum absolute atomic E-state index is 0.133. The Labute approximate surface area is 167 Å². The van der Waals surface area contributed by atoms with Crippen LogP contribution in [0.4, 0.5) is 16.5 Å². The van der Waals surface area contributed by atoms with Crippen molar-refractivity contribution in [2.24, 2.45) is 0 Å². The molecule has 28 heavy (non-hydrogen) atoms. The number of methoxy groups -OCH3 is 1. The number of amides is 2. The van der Waals surface area contributed by atoms with Crippen LogP contribution in [0.5, 0.6) is 5.75 Å². The quantitative estimate of drug-likeness (QED) is 0.627. The lowest BCUT2D eigenvalue weighted by Crippen LogP contribution is -2.22. The lowest BCUT2D eigenvalue weighted by atomic mass is 10.3. The molecule has 0 saturated heterocycles. The van der Waals surface area contributed by atoms with Crippen molar-refractivity contribution in [3.05, 3.63) is 71.7 Å². The molecule has 0 aliphatic carbocycles. The van der Waals surface area contributed by atoms with Crippen LogP contribution in [-0.2, 0) is 9.59 Å². The Kier molecular flexibility index (Phi) is 6.18. The largest absolute Gasteiger partial charge is 0.497 e. The molecule has 0 unspecified atom stereocenters. The van der Waals surface area contributed by atoms with E-state index < -0.39 is 0 Å². The standard InChI is InChI=1S/C21H19N3O3S/c1-15(25)24(18-8-4-3-5-9-18)21-23-17(14-28-21)11-12-20(26)22-16-7-6-10-19(13-16)27-2/h3-14H,1-2H3,(H,22,26)/b12-11+. The van der Waals surface area contributed by atoms with Crippen LogP contribution in [0.3, 0.4) is 0 Å². The molecule has 1 N–H and O–H groups in total. The number of anilines is 3. The average Bonchev–Trinajstić information content (AvgIpc) is 3.15. The molecule has 3 rings (SSSR count). The van der Waals surface area contributed by atoms with Gasteiger partial charge in [-0.1, -0.05) is 24.3 Å². The highest BCUT2D eigenvalue weighted by Crippen LogP contribution is 2.29. The molecule has 3 aromatic rings. The van der Waals surface area contributed by atoms with Crippen LogP contribution in [0.2, 0.25) is 0 Å². The van der Waals surface area contributed by atoms with E-state index in [1.807, 2.05) is 30.3 Å². The molecule has 0 radical (unpaired) electrons. The summed E-state index contributed by atoms with van der Waals surface area (Å²) in [6.07, 6.45) is 3.01. The van der Waals surface area contributed by atoms with Crippen molar-refractivity contribution in [2.75, 3.05) is 17.3 Å². The maximum absolute atomic E-state index is 12.1. The number of carbonyl (C=O) groups is 2. The van der Waals surface area contributed by atoms with E-state index in [2.05, 4.69) is 10.3 Å². The fraction of sp³-hybridized carbons (Fsp3) is 0.0952. The van der Waals surface area contributed by atoms with Gasteiger partial charge in [0.25, 0.3) is 0 Å². The van der Waals surface area contributed by atoms with E-state index in [0.717, 1.165) is 5.69 Å². The monoisotopic (exact) mass is 393 g/mol. The molecule has 2 amide bonds. The van der Waals surface area contributed by atoms with Crippen molar-refractivity contribution in [1.29, 1.82) is 0 Å². The van der Waals surface area contributed by atoms with Gasteiger partial charge in [-0.05, 0) is 30.3 Å². The maximum Gasteiger partial charge on any atom is 0.248 e. The van der Waals surface area contributed by atoms with Crippen molar-refractivity contribution >= 4 is 45.7 Å². The van der Waals surface area contributed by atoms with Gasteiger partial charge < -0.3 is 10.1 Å². The van der Waals surface area contributed by atoms with Crippen molar-refractivity contribution < 1.29 is 14.3 Å². The Morgan fingerprint density at radius 1 is 1.14 bits per heavy atom. The first-order valence-electron chi connectivity index (χ1n) is 8.51. The maximum atomic E-state index is 12.1. The molecule has 0 fully saturated rings. The molecular formula is C21H19N3O3S. The summed E-state index contributed by atoms with van der Waals surface area (Å²) in [5, 5.41) is 5.11. The highest BCUT2D eigenvalue weighted by Gasteiger charge is 2.17. The molecule has 0 spiro atoms. The molecule has 7 heteroatoms. The van der Waals surface area contributed by atoms with E-state index >= 15 is 0 Å². The van der Waals surface area contributed by atoms with E-state index in [0.29, 0.717) is 22.3 Å². The molecule has 0 atom stereocenters. The number of aromatic nitrogens is 1. The summed E-state index contributed by atoms with van der Waals surface area (Å²) in [5.74, 6) is 0.247. The first kappa shape index (κ1) is 19.3. The summed E-state index contributed by atoms with van der Waals surface area (Å²) < 4.78 is 5.14. The zero-order valence-corrected chi connectivity index (χ0v) is 16.3.